The lowest BCUT2D eigenvalue weighted by atomic mass is 10.2. The molecule has 0 radical (unpaired) electrons. The number of aliphatic carboxylic acids is 1. The number of carboxylic acid groups (broad SMARTS) is 1. The van der Waals surface area contributed by atoms with Crippen LogP contribution in [-0.4, -0.2) is 69.3 Å². The molecule has 1 aliphatic rings. The summed E-state index contributed by atoms with van der Waals surface area (Å²) >= 11 is 0. The van der Waals surface area contributed by atoms with Crippen molar-refractivity contribution in [1.82, 2.24) is 19.6 Å². The molecule has 0 spiro atoms. The normalized spacial score (nSPS) is 16.4. The van der Waals surface area contributed by atoms with Crippen LogP contribution in [0.1, 0.15) is 23.7 Å². The fourth-order valence-corrected chi connectivity index (χ4v) is 2.26. The molecule has 2 rings (SSSR count). The molecule has 1 saturated heterocycles. The molecule has 20 heavy (non-hydrogen) atoms. The minimum atomic E-state index is -0.871. The maximum absolute atomic E-state index is 12.3. The van der Waals surface area contributed by atoms with Crippen molar-refractivity contribution in [2.24, 2.45) is 0 Å². The Hall–Kier alpha value is -1.89. The summed E-state index contributed by atoms with van der Waals surface area (Å²) < 4.78 is 1.50. The molecule has 1 aromatic rings. The first-order valence-electron chi connectivity index (χ1n) is 6.86. The molecule has 1 fully saturated rings. The van der Waals surface area contributed by atoms with E-state index in [2.05, 4.69) is 16.9 Å². The summed E-state index contributed by atoms with van der Waals surface area (Å²) in [7, 11) is 0. The third-order valence-electron chi connectivity index (χ3n) is 3.54. The predicted octanol–water partition coefficient (Wildman–Crippen LogP) is 0.136. The van der Waals surface area contributed by atoms with Crippen molar-refractivity contribution in [3.05, 3.63) is 18.0 Å². The van der Waals surface area contributed by atoms with Crippen LogP contribution in [0.4, 0.5) is 0 Å². The van der Waals surface area contributed by atoms with E-state index in [9.17, 15) is 9.59 Å². The summed E-state index contributed by atoms with van der Waals surface area (Å²) in [4.78, 5) is 26.9. The molecule has 1 amide bonds. The Morgan fingerprint density at radius 2 is 2.00 bits per heavy atom. The number of hydrogen-bond donors (Lipinski definition) is 1. The van der Waals surface area contributed by atoms with Gasteiger partial charge < -0.3 is 14.9 Å². The highest BCUT2D eigenvalue weighted by Gasteiger charge is 2.22. The lowest BCUT2D eigenvalue weighted by molar-refractivity contribution is -0.137. The molecule has 1 aromatic heterocycles. The summed E-state index contributed by atoms with van der Waals surface area (Å²) in [5.41, 5.74) is 0.528. The molecule has 0 atom stereocenters. The lowest BCUT2D eigenvalue weighted by Gasteiger charge is -2.33. The summed E-state index contributed by atoms with van der Waals surface area (Å²) in [6, 6.07) is 0. The van der Waals surface area contributed by atoms with E-state index in [0.29, 0.717) is 5.56 Å². The van der Waals surface area contributed by atoms with Gasteiger partial charge >= 0.3 is 5.97 Å². The number of aromatic nitrogens is 2. The predicted molar refractivity (Wildman–Crippen MR) is 72.5 cm³/mol. The number of likely N-dealkylation sites (N-methyl/N-ethyl adjacent to an activating group) is 1. The highest BCUT2D eigenvalue weighted by atomic mass is 16.4. The zero-order valence-corrected chi connectivity index (χ0v) is 11.7. The van der Waals surface area contributed by atoms with Gasteiger partial charge in [0, 0.05) is 32.4 Å². The first kappa shape index (κ1) is 14.5. The summed E-state index contributed by atoms with van der Waals surface area (Å²) in [5, 5.41) is 12.7. The van der Waals surface area contributed by atoms with E-state index < -0.39 is 5.97 Å². The van der Waals surface area contributed by atoms with E-state index in [0.717, 1.165) is 32.7 Å². The number of nitrogens with zero attached hydrogens (tertiary/aromatic N) is 4. The molecular weight excluding hydrogens is 260 g/mol. The van der Waals surface area contributed by atoms with Gasteiger partial charge in [-0.2, -0.15) is 5.10 Å². The first-order chi connectivity index (χ1) is 9.60. The number of rotatable bonds is 5. The molecule has 2 heterocycles. The van der Waals surface area contributed by atoms with Crippen molar-refractivity contribution in [3.63, 3.8) is 0 Å². The van der Waals surface area contributed by atoms with Crippen molar-refractivity contribution >= 4 is 11.9 Å². The maximum Gasteiger partial charge on any atom is 0.305 e. The van der Waals surface area contributed by atoms with Crippen LogP contribution in [0.5, 0.6) is 0 Å². The van der Waals surface area contributed by atoms with Gasteiger partial charge in [-0.15, -0.1) is 0 Å². The third-order valence-corrected chi connectivity index (χ3v) is 3.54. The largest absolute Gasteiger partial charge is 0.481 e. The maximum atomic E-state index is 12.3. The van der Waals surface area contributed by atoms with Crippen molar-refractivity contribution in [3.8, 4) is 0 Å². The molecule has 7 heteroatoms. The summed E-state index contributed by atoms with van der Waals surface area (Å²) in [6.07, 6.45) is 3.14. The second-order valence-electron chi connectivity index (χ2n) is 4.86. The molecule has 1 N–H and O–H groups in total. The van der Waals surface area contributed by atoms with Gasteiger partial charge in [0.05, 0.1) is 24.7 Å². The van der Waals surface area contributed by atoms with Crippen LogP contribution in [0.25, 0.3) is 0 Å². The molecule has 110 valence electrons. The third kappa shape index (κ3) is 3.57. The van der Waals surface area contributed by atoms with Crippen LogP contribution in [0.15, 0.2) is 12.4 Å². The van der Waals surface area contributed by atoms with Crippen LogP contribution in [0.3, 0.4) is 0 Å². The Bertz CT molecular complexity index is 478. The second kappa shape index (κ2) is 6.51. The van der Waals surface area contributed by atoms with E-state index in [1.54, 1.807) is 6.20 Å². The molecule has 7 nitrogen and oxygen atoms in total. The van der Waals surface area contributed by atoms with Gasteiger partial charge in [-0.3, -0.25) is 14.3 Å². The number of carbonyl (C=O) groups is 2. The van der Waals surface area contributed by atoms with Gasteiger partial charge in [0.25, 0.3) is 5.91 Å². The topological polar surface area (TPSA) is 78.7 Å². The number of carboxylic acids is 1. The SMILES string of the molecule is CCN1CCN(C(=O)c2cnn(CCC(=O)O)c2)CC1. The van der Waals surface area contributed by atoms with Gasteiger partial charge in [-0.05, 0) is 6.54 Å². The van der Waals surface area contributed by atoms with Crippen LogP contribution in [0.2, 0.25) is 0 Å². The Morgan fingerprint density at radius 3 is 2.60 bits per heavy atom. The molecule has 0 aromatic carbocycles. The second-order valence-corrected chi connectivity index (χ2v) is 4.86. The minimum absolute atomic E-state index is 0.00445. The molecule has 0 unspecified atom stereocenters. The Kier molecular flexibility index (Phi) is 4.73. The molecule has 0 saturated carbocycles. The Balaban J connectivity index is 1.91. The van der Waals surface area contributed by atoms with Gasteiger partial charge in [0.2, 0.25) is 0 Å². The van der Waals surface area contributed by atoms with Gasteiger partial charge in [0.1, 0.15) is 0 Å². The number of hydrogen-bond acceptors (Lipinski definition) is 4. The highest BCUT2D eigenvalue weighted by molar-refractivity contribution is 5.93. The lowest BCUT2D eigenvalue weighted by Crippen LogP contribution is -2.48. The molecular formula is C13H20N4O3. The van der Waals surface area contributed by atoms with Crippen molar-refractivity contribution in [2.45, 2.75) is 19.9 Å². The van der Waals surface area contributed by atoms with E-state index >= 15 is 0 Å². The van der Waals surface area contributed by atoms with Gasteiger partial charge in [-0.1, -0.05) is 6.92 Å². The van der Waals surface area contributed by atoms with E-state index in [4.69, 9.17) is 5.11 Å². The van der Waals surface area contributed by atoms with E-state index in [1.165, 1.54) is 10.9 Å². The average Bonchev–Trinajstić information content (AvgIpc) is 2.93. The van der Waals surface area contributed by atoms with E-state index in [1.807, 2.05) is 4.90 Å². The van der Waals surface area contributed by atoms with Crippen LogP contribution in [0, 0.1) is 0 Å². The van der Waals surface area contributed by atoms with Gasteiger partial charge in [0.15, 0.2) is 0 Å². The number of aryl methyl sites for hydroxylation is 1. The minimum Gasteiger partial charge on any atom is -0.481 e. The quantitative estimate of drug-likeness (QED) is 0.829. The first-order valence-corrected chi connectivity index (χ1v) is 6.86. The Morgan fingerprint density at radius 1 is 1.30 bits per heavy atom. The van der Waals surface area contributed by atoms with Crippen LogP contribution in [-0.2, 0) is 11.3 Å². The monoisotopic (exact) mass is 280 g/mol. The van der Waals surface area contributed by atoms with Crippen molar-refractivity contribution in [2.75, 3.05) is 32.7 Å². The summed E-state index contributed by atoms with van der Waals surface area (Å²) in [6.45, 7) is 6.66. The van der Waals surface area contributed by atoms with Crippen molar-refractivity contribution < 1.29 is 14.7 Å². The zero-order chi connectivity index (χ0) is 14.5. The highest BCUT2D eigenvalue weighted by Crippen LogP contribution is 2.08. The number of piperazine rings is 1. The van der Waals surface area contributed by atoms with Crippen LogP contribution >= 0.6 is 0 Å². The fraction of sp³-hybridized carbons (Fsp3) is 0.615. The van der Waals surface area contributed by atoms with Gasteiger partial charge in [-0.25, -0.2) is 0 Å². The van der Waals surface area contributed by atoms with Crippen molar-refractivity contribution in [1.29, 1.82) is 0 Å². The smallest absolute Gasteiger partial charge is 0.305 e. The molecule has 0 aliphatic carbocycles. The van der Waals surface area contributed by atoms with Crippen LogP contribution < -0.4 is 0 Å². The number of amides is 1. The fourth-order valence-electron chi connectivity index (χ4n) is 2.26. The molecule has 0 bridgehead atoms. The number of carbonyl (C=O) groups excluding carboxylic acids is 1. The van der Waals surface area contributed by atoms with E-state index in [-0.39, 0.29) is 18.9 Å². The average molecular weight is 280 g/mol. The zero-order valence-electron chi connectivity index (χ0n) is 11.7. The standard InChI is InChI=1S/C13H20N4O3/c1-2-15-5-7-16(8-6-15)13(20)11-9-14-17(10-11)4-3-12(18)19/h9-10H,2-8H2,1H3,(H,18,19). The Labute approximate surface area is 117 Å². The molecule has 1 aliphatic heterocycles. The summed E-state index contributed by atoms with van der Waals surface area (Å²) in [5.74, 6) is -0.897.